The van der Waals surface area contributed by atoms with Crippen LogP contribution in [-0.2, 0) is 0 Å². The highest BCUT2D eigenvalue weighted by atomic mass is 16.3. The van der Waals surface area contributed by atoms with Gasteiger partial charge in [-0.1, -0.05) is 30.3 Å². The fourth-order valence-corrected chi connectivity index (χ4v) is 2.56. The van der Waals surface area contributed by atoms with E-state index in [2.05, 4.69) is 10.6 Å². The van der Waals surface area contributed by atoms with Gasteiger partial charge >= 0.3 is 0 Å². The Hall–Kier alpha value is -2.07. The fourth-order valence-electron chi connectivity index (χ4n) is 2.56. The third-order valence-electron chi connectivity index (χ3n) is 3.59. The number of hydrogen-bond donors (Lipinski definition) is 2. The number of hydrogen-bond acceptors (Lipinski definition) is 3. The van der Waals surface area contributed by atoms with Crippen LogP contribution in [0.2, 0.25) is 0 Å². The lowest BCUT2D eigenvalue weighted by molar-refractivity contribution is 0.0903. The lowest BCUT2D eigenvalue weighted by Crippen LogP contribution is -2.45. The second kappa shape index (κ2) is 5.92. The summed E-state index contributed by atoms with van der Waals surface area (Å²) in [6.07, 6.45) is 3.67. The normalized spacial score (nSPS) is 18.7. The molecule has 2 aromatic rings. The monoisotopic (exact) mass is 270 g/mol. The van der Waals surface area contributed by atoms with Crippen LogP contribution in [0.3, 0.4) is 0 Å². The van der Waals surface area contributed by atoms with E-state index in [1.54, 1.807) is 6.26 Å². The highest BCUT2D eigenvalue weighted by Crippen LogP contribution is 2.24. The van der Waals surface area contributed by atoms with E-state index in [1.165, 1.54) is 0 Å². The molecule has 1 aromatic heterocycles. The number of carbonyl (C=O) groups is 1. The third kappa shape index (κ3) is 2.75. The molecule has 0 aliphatic carbocycles. The second-order valence-electron chi connectivity index (χ2n) is 5.05. The van der Waals surface area contributed by atoms with Crippen molar-refractivity contribution in [3.05, 3.63) is 48.4 Å². The van der Waals surface area contributed by atoms with Gasteiger partial charge in [-0.3, -0.25) is 4.79 Å². The zero-order chi connectivity index (χ0) is 13.8. The lowest BCUT2D eigenvalue weighted by Gasteiger charge is -2.23. The second-order valence-corrected chi connectivity index (χ2v) is 5.05. The number of rotatable bonds is 3. The summed E-state index contributed by atoms with van der Waals surface area (Å²) in [6, 6.07) is 11.8. The van der Waals surface area contributed by atoms with Crippen molar-refractivity contribution in [1.82, 2.24) is 10.6 Å². The number of carbonyl (C=O) groups excluding carboxylic acids is 1. The predicted molar refractivity (Wildman–Crippen MR) is 77.5 cm³/mol. The maximum Gasteiger partial charge on any atom is 0.287 e. The van der Waals surface area contributed by atoms with Crippen molar-refractivity contribution in [2.75, 3.05) is 13.1 Å². The molecule has 3 rings (SSSR count). The summed E-state index contributed by atoms with van der Waals surface area (Å²) in [5.41, 5.74) is 1.83. The standard InChI is InChI=1S/C16H18N2O2/c19-16(18-13-7-4-9-17-11-13)15-14(8-10-20-15)12-5-2-1-3-6-12/h1-3,5-6,8,10,13,17H,4,7,9,11H2,(H,18,19)/t13-/m0/s1. The average Bonchev–Trinajstić information content (AvgIpc) is 2.99. The Labute approximate surface area is 118 Å². The Morgan fingerprint density at radius 3 is 2.85 bits per heavy atom. The number of benzene rings is 1. The van der Waals surface area contributed by atoms with Crippen molar-refractivity contribution in [2.24, 2.45) is 0 Å². The highest BCUT2D eigenvalue weighted by Gasteiger charge is 2.21. The van der Waals surface area contributed by atoms with Crippen LogP contribution in [0.1, 0.15) is 23.4 Å². The quantitative estimate of drug-likeness (QED) is 0.900. The molecule has 0 spiro atoms. The zero-order valence-electron chi connectivity index (χ0n) is 11.3. The van der Waals surface area contributed by atoms with Gasteiger partial charge in [-0.05, 0) is 31.0 Å². The molecule has 1 aliphatic heterocycles. The van der Waals surface area contributed by atoms with Crippen LogP contribution >= 0.6 is 0 Å². The SMILES string of the molecule is O=C(N[C@H]1CCCNC1)c1occc1-c1ccccc1. The molecule has 0 radical (unpaired) electrons. The van der Waals surface area contributed by atoms with E-state index in [0.717, 1.165) is 37.1 Å². The highest BCUT2D eigenvalue weighted by molar-refractivity contribution is 5.98. The van der Waals surface area contributed by atoms with Gasteiger partial charge in [-0.15, -0.1) is 0 Å². The average molecular weight is 270 g/mol. The Balaban J connectivity index is 1.77. The molecule has 0 unspecified atom stereocenters. The molecule has 4 heteroatoms. The topological polar surface area (TPSA) is 54.3 Å². The van der Waals surface area contributed by atoms with Crippen molar-refractivity contribution in [1.29, 1.82) is 0 Å². The molecule has 1 aromatic carbocycles. The van der Waals surface area contributed by atoms with Gasteiger partial charge in [0.1, 0.15) is 0 Å². The summed E-state index contributed by atoms with van der Waals surface area (Å²) >= 11 is 0. The van der Waals surface area contributed by atoms with E-state index in [1.807, 2.05) is 36.4 Å². The lowest BCUT2D eigenvalue weighted by atomic mass is 10.0. The largest absolute Gasteiger partial charge is 0.459 e. The molecule has 2 N–H and O–H groups in total. The molecule has 1 atom stereocenters. The van der Waals surface area contributed by atoms with Crippen LogP contribution in [-0.4, -0.2) is 25.0 Å². The zero-order valence-corrected chi connectivity index (χ0v) is 11.3. The molecule has 1 fully saturated rings. The number of amides is 1. The molecule has 104 valence electrons. The van der Waals surface area contributed by atoms with E-state index in [4.69, 9.17) is 4.42 Å². The van der Waals surface area contributed by atoms with Gasteiger partial charge in [0.15, 0.2) is 5.76 Å². The van der Waals surface area contributed by atoms with E-state index in [-0.39, 0.29) is 11.9 Å². The van der Waals surface area contributed by atoms with E-state index < -0.39 is 0 Å². The molecule has 2 heterocycles. The maximum atomic E-state index is 12.3. The Bertz CT molecular complexity index is 571. The first kappa shape index (κ1) is 12.9. The van der Waals surface area contributed by atoms with Crippen LogP contribution in [0.4, 0.5) is 0 Å². The van der Waals surface area contributed by atoms with Crippen molar-refractivity contribution in [3.63, 3.8) is 0 Å². The minimum absolute atomic E-state index is 0.137. The van der Waals surface area contributed by atoms with Crippen LogP contribution in [0.25, 0.3) is 11.1 Å². The number of nitrogens with one attached hydrogen (secondary N) is 2. The minimum atomic E-state index is -0.137. The first-order valence-corrected chi connectivity index (χ1v) is 6.99. The molecule has 1 amide bonds. The van der Waals surface area contributed by atoms with Crippen molar-refractivity contribution in [2.45, 2.75) is 18.9 Å². The summed E-state index contributed by atoms with van der Waals surface area (Å²) < 4.78 is 5.39. The van der Waals surface area contributed by atoms with Crippen LogP contribution in [0.5, 0.6) is 0 Å². The smallest absolute Gasteiger partial charge is 0.287 e. The summed E-state index contributed by atoms with van der Waals surface area (Å²) in [4.78, 5) is 12.3. The summed E-state index contributed by atoms with van der Waals surface area (Å²) in [7, 11) is 0. The van der Waals surface area contributed by atoms with Gasteiger partial charge in [0.05, 0.1) is 6.26 Å². The number of furan rings is 1. The molecule has 1 saturated heterocycles. The van der Waals surface area contributed by atoms with Gasteiger partial charge in [0.2, 0.25) is 0 Å². The van der Waals surface area contributed by atoms with E-state index in [9.17, 15) is 4.79 Å². The van der Waals surface area contributed by atoms with Crippen molar-refractivity contribution < 1.29 is 9.21 Å². The number of piperidine rings is 1. The summed E-state index contributed by atoms with van der Waals surface area (Å²) in [5.74, 6) is 0.254. The molecule has 1 aliphatic rings. The molecule has 0 saturated carbocycles. The van der Waals surface area contributed by atoms with Crippen LogP contribution in [0, 0.1) is 0 Å². The maximum absolute atomic E-state index is 12.3. The van der Waals surface area contributed by atoms with Gasteiger partial charge in [0.25, 0.3) is 5.91 Å². The van der Waals surface area contributed by atoms with Crippen molar-refractivity contribution in [3.8, 4) is 11.1 Å². The predicted octanol–water partition coefficient (Wildman–Crippen LogP) is 2.43. The Morgan fingerprint density at radius 1 is 1.25 bits per heavy atom. The van der Waals surface area contributed by atoms with E-state index >= 15 is 0 Å². The molecule has 20 heavy (non-hydrogen) atoms. The van der Waals surface area contributed by atoms with E-state index in [0.29, 0.717) is 5.76 Å². The van der Waals surface area contributed by atoms with Crippen LogP contribution < -0.4 is 10.6 Å². The van der Waals surface area contributed by atoms with Gasteiger partial charge in [0, 0.05) is 18.2 Å². The molecule has 0 bridgehead atoms. The summed E-state index contributed by atoms with van der Waals surface area (Å²) in [5, 5.41) is 6.32. The van der Waals surface area contributed by atoms with Gasteiger partial charge in [-0.25, -0.2) is 0 Å². The van der Waals surface area contributed by atoms with Gasteiger partial charge in [-0.2, -0.15) is 0 Å². The molecule has 4 nitrogen and oxygen atoms in total. The van der Waals surface area contributed by atoms with Crippen LogP contribution in [0.15, 0.2) is 47.1 Å². The Kier molecular flexibility index (Phi) is 3.83. The third-order valence-corrected chi connectivity index (χ3v) is 3.59. The summed E-state index contributed by atoms with van der Waals surface area (Å²) in [6.45, 7) is 1.86. The Morgan fingerprint density at radius 2 is 2.10 bits per heavy atom. The first-order chi connectivity index (χ1) is 9.84. The minimum Gasteiger partial charge on any atom is -0.459 e. The van der Waals surface area contributed by atoms with Crippen molar-refractivity contribution >= 4 is 5.91 Å². The first-order valence-electron chi connectivity index (χ1n) is 6.99. The molecular formula is C16H18N2O2. The fraction of sp³-hybridized carbons (Fsp3) is 0.312. The van der Waals surface area contributed by atoms with Gasteiger partial charge < -0.3 is 15.1 Å². The molecular weight excluding hydrogens is 252 g/mol.